The second-order valence-corrected chi connectivity index (χ2v) is 10.5. The highest BCUT2D eigenvalue weighted by molar-refractivity contribution is 7.89. The maximum absolute atomic E-state index is 13.6. The Bertz CT molecular complexity index is 1380. The smallest absolute Gasteiger partial charge is 0.377 e. The summed E-state index contributed by atoms with van der Waals surface area (Å²) in [7, 11) is -4.61. The van der Waals surface area contributed by atoms with Gasteiger partial charge in [-0.3, -0.25) is 4.79 Å². The standard InChI is InChI=1S/C24H25F3N2O4S/c1-15-10-16(2)22-17(11-15)12-18(23(30)28-22)13-29(14-19-6-5-9-33-19)34(31,32)21-8-4-3-7-20(21)24(25,26)27/h3-4,7-8,10-12,19H,5-6,9,13-14H2,1-2H3,(H,28,30)/t19-/m0/s1. The maximum atomic E-state index is 13.6. The Balaban J connectivity index is 1.80. The Morgan fingerprint density at radius 3 is 2.56 bits per heavy atom. The van der Waals surface area contributed by atoms with Crippen LogP contribution in [0.25, 0.3) is 10.9 Å². The topological polar surface area (TPSA) is 79.5 Å². The van der Waals surface area contributed by atoms with Crippen molar-refractivity contribution in [3.8, 4) is 0 Å². The van der Waals surface area contributed by atoms with Crippen LogP contribution in [0.15, 0.2) is 52.2 Å². The fourth-order valence-electron chi connectivity index (χ4n) is 4.37. The Hall–Kier alpha value is -2.69. The molecule has 1 aliphatic heterocycles. The molecule has 2 aromatic carbocycles. The van der Waals surface area contributed by atoms with E-state index in [1.165, 1.54) is 6.07 Å². The average Bonchev–Trinajstić information content (AvgIpc) is 3.27. The van der Waals surface area contributed by atoms with Crippen LogP contribution in [0.2, 0.25) is 0 Å². The van der Waals surface area contributed by atoms with Gasteiger partial charge in [0.2, 0.25) is 10.0 Å². The van der Waals surface area contributed by atoms with Crippen molar-refractivity contribution in [2.45, 2.75) is 50.4 Å². The van der Waals surface area contributed by atoms with Crippen molar-refractivity contribution in [2.24, 2.45) is 0 Å². The minimum absolute atomic E-state index is 0.142. The molecule has 1 fully saturated rings. The number of ether oxygens (including phenoxy) is 1. The van der Waals surface area contributed by atoms with Crippen LogP contribution in [0, 0.1) is 13.8 Å². The number of sulfonamides is 1. The Morgan fingerprint density at radius 2 is 1.88 bits per heavy atom. The number of halogens is 3. The fraction of sp³-hybridized carbons (Fsp3) is 0.375. The lowest BCUT2D eigenvalue weighted by Crippen LogP contribution is -2.39. The van der Waals surface area contributed by atoms with Gasteiger partial charge in [-0.05, 0) is 61.9 Å². The van der Waals surface area contributed by atoms with Gasteiger partial charge in [-0.1, -0.05) is 23.8 Å². The zero-order valence-electron chi connectivity index (χ0n) is 18.8. The first-order chi connectivity index (χ1) is 16.0. The number of fused-ring (bicyclic) bond motifs is 1. The summed E-state index contributed by atoms with van der Waals surface area (Å²) in [6.45, 7) is 3.67. The van der Waals surface area contributed by atoms with Crippen molar-refractivity contribution in [2.75, 3.05) is 13.2 Å². The van der Waals surface area contributed by atoms with Gasteiger partial charge in [0, 0.05) is 25.3 Å². The van der Waals surface area contributed by atoms with Gasteiger partial charge in [0.15, 0.2) is 0 Å². The van der Waals surface area contributed by atoms with Gasteiger partial charge in [-0.2, -0.15) is 17.5 Å². The molecule has 1 atom stereocenters. The molecule has 0 aliphatic carbocycles. The first-order valence-electron chi connectivity index (χ1n) is 10.9. The van der Waals surface area contributed by atoms with Crippen LogP contribution in [-0.4, -0.2) is 37.0 Å². The van der Waals surface area contributed by atoms with Crippen LogP contribution in [0.4, 0.5) is 13.2 Å². The molecule has 6 nitrogen and oxygen atoms in total. The summed E-state index contributed by atoms with van der Waals surface area (Å²) in [5, 5.41) is 0.720. The van der Waals surface area contributed by atoms with Gasteiger partial charge in [-0.25, -0.2) is 8.42 Å². The van der Waals surface area contributed by atoms with Crippen molar-refractivity contribution < 1.29 is 26.3 Å². The Kier molecular flexibility index (Phi) is 6.58. The number of rotatable bonds is 6. The predicted molar refractivity (Wildman–Crippen MR) is 122 cm³/mol. The van der Waals surface area contributed by atoms with Crippen LogP contribution in [0.3, 0.4) is 0 Å². The number of aromatic amines is 1. The SMILES string of the molecule is Cc1cc(C)c2[nH]c(=O)c(CN(C[C@@H]3CCCO3)S(=O)(=O)c3ccccc3C(F)(F)F)cc2c1. The highest BCUT2D eigenvalue weighted by Gasteiger charge is 2.39. The van der Waals surface area contributed by atoms with Crippen molar-refractivity contribution in [3.63, 3.8) is 0 Å². The molecule has 3 aromatic rings. The third-order valence-corrected chi connectivity index (χ3v) is 7.83. The predicted octanol–water partition coefficient (Wildman–Crippen LogP) is 4.53. The normalized spacial score (nSPS) is 17.1. The fourth-order valence-corrected chi connectivity index (χ4v) is 6.03. The summed E-state index contributed by atoms with van der Waals surface area (Å²) >= 11 is 0. The molecule has 1 N–H and O–H groups in total. The number of alkyl halides is 3. The number of aromatic nitrogens is 1. The molecule has 0 unspecified atom stereocenters. The van der Waals surface area contributed by atoms with Crippen LogP contribution in [0.1, 0.15) is 35.1 Å². The van der Waals surface area contributed by atoms with E-state index in [1.54, 1.807) is 6.07 Å². The van der Waals surface area contributed by atoms with Crippen molar-refractivity contribution in [3.05, 3.63) is 75.1 Å². The van der Waals surface area contributed by atoms with E-state index in [0.717, 1.165) is 45.4 Å². The number of nitrogens with one attached hydrogen (secondary N) is 1. The zero-order valence-corrected chi connectivity index (χ0v) is 19.6. The number of aryl methyl sites for hydroxylation is 2. The number of benzene rings is 2. The highest BCUT2D eigenvalue weighted by atomic mass is 32.2. The third-order valence-electron chi connectivity index (χ3n) is 5.96. The average molecular weight is 495 g/mol. The van der Waals surface area contributed by atoms with Crippen LogP contribution in [-0.2, 0) is 27.5 Å². The molecule has 1 aromatic heterocycles. The minimum atomic E-state index is -4.85. The first-order valence-corrected chi connectivity index (χ1v) is 12.3. The molecule has 10 heteroatoms. The van der Waals surface area contributed by atoms with Gasteiger partial charge >= 0.3 is 6.18 Å². The lowest BCUT2D eigenvalue weighted by molar-refractivity contribution is -0.139. The molecule has 2 heterocycles. The van der Waals surface area contributed by atoms with Crippen LogP contribution < -0.4 is 5.56 Å². The van der Waals surface area contributed by atoms with Gasteiger partial charge in [-0.15, -0.1) is 0 Å². The molecule has 34 heavy (non-hydrogen) atoms. The summed E-state index contributed by atoms with van der Waals surface area (Å²) in [6.07, 6.45) is -4.00. The summed E-state index contributed by atoms with van der Waals surface area (Å²) < 4.78 is 74.4. The van der Waals surface area contributed by atoms with Gasteiger partial charge < -0.3 is 9.72 Å². The largest absolute Gasteiger partial charge is 0.417 e. The molecule has 4 rings (SSSR count). The highest BCUT2D eigenvalue weighted by Crippen LogP contribution is 2.35. The molecule has 0 radical (unpaired) electrons. The van der Waals surface area contributed by atoms with Crippen LogP contribution in [0.5, 0.6) is 0 Å². The van der Waals surface area contributed by atoms with Crippen molar-refractivity contribution >= 4 is 20.9 Å². The molecular weight excluding hydrogens is 469 g/mol. The molecule has 0 saturated carbocycles. The molecule has 0 spiro atoms. The van der Waals surface area contributed by atoms with E-state index in [1.807, 2.05) is 26.0 Å². The number of H-pyrrole nitrogens is 1. The van der Waals surface area contributed by atoms with E-state index in [-0.39, 0.29) is 18.7 Å². The number of pyridine rings is 1. The van der Waals surface area contributed by atoms with Gasteiger partial charge in [0.05, 0.1) is 22.1 Å². The van der Waals surface area contributed by atoms with E-state index in [4.69, 9.17) is 4.74 Å². The lowest BCUT2D eigenvalue weighted by atomic mass is 10.1. The molecular formula is C24H25F3N2O4S. The van der Waals surface area contributed by atoms with Crippen molar-refractivity contribution in [1.29, 1.82) is 0 Å². The number of hydrogen-bond acceptors (Lipinski definition) is 4. The third kappa shape index (κ3) is 4.89. The molecule has 0 bridgehead atoms. The zero-order chi connectivity index (χ0) is 24.7. The van der Waals surface area contributed by atoms with E-state index < -0.39 is 38.3 Å². The summed E-state index contributed by atoms with van der Waals surface area (Å²) in [6, 6.07) is 9.46. The minimum Gasteiger partial charge on any atom is -0.377 e. The van der Waals surface area contributed by atoms with Gasteiger partial charge in [0.25, 0.3) is 5.56 Å². The molecule has 182 valence electrons. The molecule has 1 aliphatic rings. The summed E-state index contributed by atoms with van der Waals surface area (Å²) in [5.41, 5.74) is 0.869. The Morgan fingerprint density at radius 1 is 1.15 bits per heavy atom. The lowest BCUT2D eigenvalue weighted by Gasteiger charge is -2.26. The van der Waals surface area contributed by atoms with E-state index in [2.05, 4.69) is 4.98 Å². The quantitative estimate of drug-likeness (QED) is 0.546. The van der Waals surface area contributed by atoms with Crippen LogP contribution >= 0.6 is 0 Å². The maximum Gasteiger partial charge on any atom is 0.417 e. The first kappa shape index (κ1) is 24.4. The number of hydrogen-bond donors (Lipinski definition) is 1. The second-order valence-electron chi connectivity index (χ2n) is 8.60. The van der Waals surface area contributed by atoms with Gasteiger partial charge in [0.1, 0.15) is 0 Å². The van der Waals surface area contributed by atoms with E-state index in [0.29, 0.717) is 18.5 Å². The monoisotopic (exact) mass is 494 g/mol. The summed E-state index contributed by atoms with van der Waals surface area (Å²) in [4.78, 5) is 14.8. The second kappa shape index (κ2) is 9.16. The molecule has 1 saturated heterocycles. The Labute approximate surface area is 195 Å². The van der Waals surface area contributed by atoms with Crippen molar-refractivity contribution in [1.82, 2.24) is 9.29 Å². The molecule has 0 amide bonds. The number of nitrogens with zero attached hydrogens (tertiary/aromatic N) is 1. The van der Waals surface area contributed by atoms with E-state index >= 15 is 0 Å². The van der Waals surface area contributed by atoms with E-state index in [9.17, 15) is 26.4 Å². The summed E-state index contributed by atoms with van der Waals surface area (Å²) in [5.74, 6) is 0.